The Balaban J connectivity index is 1.78. The predicted octanol–water partition coefficient (Wildman–Crippen LogP) is 4.08. The summed E-state index contributed by atoms with van der Waals surface area (Å²) in [7, 11) is 1.56. The Morgan fingerprint density at radius 3 is 2.29 bits per heavy atom. The van der Waals surface area contributed by atoms with Gasteiger partial charge in [-0.3, -0.25) is 0 Å². The lowest BCUT2D eigenvalue weighted by molar-refractivity contribution is -0.186. The normalized spacial score (nSPS) is 20.8. The van der Waals surface area contributed by atoms with Gasteiger partial charge in [-0.1, -0.05) is 45.0 Å². The number of esters is 1. The smallest absolute Gasteiger partial charge is 0.345 e. The number of carbonyl (C=O) groups is 1. The number of ether oxygens (including phenoxy) is 4. The summed E-state index contributed by atoms with van der Waals surface area (Å²) in [5.74, 6) is -1.68. The molecule has 2 heterocycles. The van der Waals surface area contributed by atoms with Gasteiger partial charge in [0.05, 0.1) is 7.11 Å². The van der Waals surface area contributed by atoms with Crippen molar-refractivity contribution in [2.24, 2.45) is 0 Å². The molecule has 2 aliphatic heterocycles. The molecule has 0 spiro atoms. The molecule has 0 saturated heterocycles. The molecule has 0 amide bonds. The van der Waals surface area contributed by atoms with Crippen LogP contribution in [-0.2, 0) is 36.6 Å². The van der Waals surface area contributed by atoms with Crippen LogP contribution in [0.15, 0.2) is 71.7 Å². The molecule has 4 rings (SSSR count). The van der Waals surface area contributed by atoms with Crippen LogP contribution in [0.4, 0.5) is 0 Å². The third kappa shape index (κ3) is 3.91. The number of methoxy groups -OCH3 is 1. The van der Waals surface area contributed by atoms with Gasteiger partial charge >= 0.3 is 5.97 Å². The first-order valence-electron chi connectivity index (χ1n) is 10.1. The SMILES string of the molecule is COc1ccc(C2(O)OC(=O)C(C3=COCO3)=C2Cc2ccc(C(C)(C)C)cc2)cc1. The molecule has 1 unspecified atom stereocenters. The molecule has 2 aromatic rings. The number of hydrogen-bond donors (Lipinski definition) is 1. The number of rotatable bonds is 5. The highest BCUT2D eigenvalue weighted by Gasteiger charge is 2.49. The molecular weight excluding hydrogens is 396 g/mol. The second kappa shape index (κ2) is 7.78. The van der Waals surface area contributed by atoms with Gasteiger partial charge in [0.1, 0.15) is 17.6 Å². The van der Waals surface area contributed by atoms with Gasteiger partial charge in [0.2, 0.25) is 6.79 Å². The summed E-state index contributed by atoms with van der Waals surface area (Å²) in [6.45, 7) is 6.47. The zero-order chi connectivity index (χ0) is 22.2. The van der Waals surface area contributed by atoms with Gasteiger partial charge in [0.15, 0.2) is 5.76 Å². The minimum Gasteiger partial charge on any atom is -0.497 e. The molecule has 0 radical (unpaired) electrons. The van der Waals surface area contributed by atoms with Crippen LogP contribution in [0.25, 0.3) is 0 Å². The van der Waals surface area contributed by atoms with E-state index in [2.05, 4.69) is 32.9 Å². The molecule has 0 aliphatic carbocycles. The third-order valence-corrected chi connectivity index (χ3v) is 5.56. The summed E-state index contributed by atoms with van der Waals surface area (Å²) in [4.78, 5) is 12.8. The Hall–Kier alpha value is -3.25. The van der Waals surface area contributed by atoms with E-state index in [1.165, 1.54) is 11.8 Å². The lowest BCUT2D eigenvalue weighted by Crippen LogP contribution is -2.29. The van der Waals surface area contributed by atoms with Crippen molar-refractivity contribution in [2.75, 3.05) is 13.9 Å². The third-order valence-electron chi connectivity index (χ3n) is 5.56. The van der Waals surface area contributed by atoms with Gasteiger partial charge in [-0.05, 0) is 40.8 Å². The number of benzene rings is 2. The number of cyclic esters (lactones) is 1. The fraction of sp³-hybridized carbons (Fsp3) is 0.320. The second-order valence-electron chi connectivity index (χ2n) is 8.65. The van der Waals surface area contributed by atoms with E-state index in [9.17, 15) is 9.90 Å². The topological polar surface area (TPSA) is 74.2 Å². The number of aliphatic hydroxyl groups is 1. The maximum atomic E-state index is 12.8. The van der Waals surface area contributed by atoms with E-state index in [1.807, 2.05) is 12.1 Å². The minimum absolute atomic E-state index is 0.0145. The van der Waals surface area contributed by atoms with Crippen molar-refractivity contribution in [1.29, 1.82) is 0 Å². The molecule has 2 aliphatic rings. The van der Waals surface area contributed by atoms with Crippen molar-refractivity contribution in [2.45, 2.75) is 38.4 Å². The molecule has 2 aromatic carbocycles. The maximum absolute atomic E-state index is 12.8. The van der Waals surface area contributed by atoms with Gasteiger partial charge in [0.25, 0.3) is 5.79 Å². The van der Waals surface area contributed by atoms with Crippen LogP contribution in [0, 0.1) is 0 Å². The summed E-state index contributed by atoms with van der Waals surface area (Å²) >= 11 is 0. The van der Waals surface area contributed by atoms with E-state index in [0.717, 1.165) is 5.56 Å². The summed E-state index contributed by atoms with van der Waals surface area (Å²) in [5.41, 5.74) is 3.19. The molecule has 1 N–H and O–H groups in total. The maximum Gasteiger partial charge on any atom is 0.345 e. The van der Waals surface area contributed by atoms with Crippen LogP contribution in [0.1, 0.15) is 37.5 Å². The largest absolute Gasteiger partial charge is 0.497 e. The quantitative estimate of drug-likeness (QED) is 0.732. The van der Waals surface area contributed by atoms with Crippen LogP contribution in [0.2, 0.25) is 0 Å². The molecule has 0 fully saturated rings. The van der Waals surface area contributed by atoms with Crippen molar-refractivity contribution in [1.82, 2.24) is 0 Å². The van der Waals surface area contributed by atoms with E-state index in [0.29, 0.717) is 23.3 Å². The molecule has 1 atom stereocenters. The van der Waals surface area contributed by atoms with E-state index in [1.54, 1.807) is 31.4 Å². The molecule has 0 saturated carbocycles. The molecule has 0 bridgehead atoms. The Labute approximate surface area is 181 Å². The first kappa shape index (κ1) is 21.0. The van der Waals surface area contributed by atoms with Crippen molar-refractivity contribution in [3.8, 4) is 5.75 Å². The lowest BCUT2D eigenvalue weighted by atomic mass is 9.85. The predicted molar refractivity (Wildman–Crippen MR) is 114 cm³/mol. The molecule has 6 heteroatoms. The van der Waals surface area contributed by atoms with Crippen LogP contribution in [-0.4, -0.2) is 25.0 Å². The molecule has 0 aromatic heterocycles. The van der Waals surface area contributed by atoms with Crippen molar-refractivity contribution < 1.29 is 28.8 Å². The summed E-state index contributed by atoms with van der Waals surface area (Å²) in [6.07, 6.45) is 1.67. The summed E-state index contributed by atoms with van der Waals surface area (Å²) in [6, 6.07) is 14.9. The zero-order valence-corrected chi connectivity index (χ0v) is 18.1. The van der Waals surface area contributed by atoms with Crippen LogP contribution in [0.3, 0.4) is 0 Å². The van der Waals surface area contributed by atoms with Crippen molar-refractivity contribution >= 4 is 5.97 Å². The van der Waals surface area contributed by atoms with Crippen molar-refractivity contribution in [3.63, 3.8) is 0 Å². The van der Waals surface area contributed by atoms with Crippen LogP contribution >= 0.6 is 0 Å². The molecule has 31 heavy (non-hydrogen) atoms. The first-order chi connectivity index (χ1) is 14.7. The Morgan fingerprint density at radius 1 is 1.06 bits per heavy atom. The van der Waals surface area contributed by atoms with E-state index in [4.69, 9.17) is 18.9 Å². The van der Waals surface area contributed by atoms with E-state index in [-0.39, 0.29) is 23.5 Å². The first-order valence-corrected chi connectivity index (χ1v) is 10.1. The molecule has 162 valence electrons. The Kier molecular flexibility index (Phi) is 5.27. The average molecular weight is 422 g/mol. The number of hydrogen-bond acceptors (Lipinski definition) is 6. The molecule has 6 nitrogen and oxygen atoms in total. The van der Waals surface area contributed by atoms with Gasteiger partial charge in [0, 0.05) is 17.6 Å². The Morgan fingerprint density at radius 2 is 1.74 bits per heavy atom. The lowest BCUT2D eigenvalue weighted by Gasteiger charge is -2.26. The average Bonchev–Trinajstić information content (AvgIpc) is 3.35. The van der Waals surface area contributed by atoms with Gasteiger partial charge in [-0.25, -0.2) is 4.79 Å². The summed E-state index contributed by atoms with van der Waals surface area (Å²) in [5, 5.41) is 11.6. The Bertz CT molecular complexity index is 1040. The standard InChI is InChI=1S/C25H26O6/c1-24(2,3)17-7-5-16(6-8-17)13-20-22(21-14-29-15-30-21)23(26)31-25(20,27)18-9-11-19(28-4)12-10-18/h5-12,14,27H,13,15H2,1-4H3. The highest BCUT2D eigenvalue weighted by Crippen LogP contribution is 2.44. The fourth-order valence-corrected chi connectivity index (χ4v) is 3.75. The highest BCUT2D eigenvalue weighted by molar-refractivity contribution is 5.97. The summed E-state index contributed by atoms with van der Waals surface area (Å²) < 4.78 is 21.3. The highest BCUT2D eigenvalue weighted by atomic mass is 16.7. The molecular formula is C25H26O6. The van der Waals surface area contributed by atoms with Crippen molar-refractivity contribution in [3.05, 3.63) is 88.4 Å². The minimum atomic E-state index is -1.92. The number of carbonyl (C=O) groups excluding carboxylic acids is 1. The van der Waals surface area contributed by atoms with Gasteiger partial charge < -0.3 is 24.1 Å². The zero-order valence-electron chi connectivity index (χ0n) is 18.1. The van der Waals surface area contributed by atoms with Gasteiger partial charge in [-0.2, -0.15) is 0 Å². The van der Waals surface area contributed by atoms with Crippen LogP contribution in [0.5, 0.6) is 5.75 Å². The van der Waals surface area contributed by atoms with E-state index >= 15 is 0 Å². The second-order valence-corrected chi connectivity index (χ2v) is 8.65. The van der Waals surface area contributed by atoms with Gasteiger partial charge in [-0.15, -0.1) is 0 Å². The monoisotopic (exact) mass is 422 g/mol. The van der Waals surface area contributed by atoms with E-state index < -0.39 is 11.8 Å². The van der Waals surface area contributed by atoms with Crippen LogP contribution < -0.4 is 4.74 Å². The fourth-order valence-electron chi connectivity index (χ4n) is 3.75.